The number of β-lactam (4-membered cyclic amide) rings is 1. The molecule has 194 valence electrons. The van der Waals surface area contributed by atoms with Crippen molar-refractivity contribution in [1.29, 1.82) is 0 Å². The molecule has 0 bridgehead atoms. The van der Waals surface area contributed by atoms with E-state index in [4.69, 9.17) is 4.74 Å². The van der Waals surface area contributed by atoms with Crippen molar-refractivity contribution in [3.8, 4) is 0 Å². The molecule has 0 saturated carbocycles. The molecule has 1 fully saturated rings. The zero-order valence-electron chi connectivity index (χ0n) is 20.9. The van der Waals surface area contributed by atoms with E-state index in [-0.39, 0.29) is 23.6 Å². The van der Waals surface area contributed by atoms with Crippen LogP contribution in [0, 0.1) is 0 Å². The normalized spacial score (nSPS) is 18.6. The maximum absolute atomic E-state index is 13.8. The summed E-state index contributed by atoms with van der Waals surface area (Å²) < 4.78 is 6.14. The SMILES string of the molecule is CSCC1=C(C(=O)OC(c2ccccc2)c2ccccc2)N2C(=O)[C@@H](NC(=O)Cc3ccccc3)[C@H]2SC1. The average molecular weight is 545 g/mol. The van der Waals surface area contributed by atoms with Crippen molar-refractivity contribution in [2.75, 3.05) is 17.8 Å². The van der Waals surface area contributed by atoms with Gasteiger partial charge in [0.25, 0.3) is 5.91 Å². The Labute approximate surface area is 230 Å². The predicted octanol–water partition coefficient (Wildman–Crippen LogP) is 4.58. The number of hydrogen-bond acceptors (Lipinski definition) is 6. The summed E-state index contributed by atoms with van der Waals surface area (Å²) in [7, 11) is 0. The van der Waals surface area contributed by atoms with Crippen LogP contribution in [0.15, 0.2) is 102 Å². The highest BCUT2D eigenvalue weighted by Gasteiger charge is 2.54. The lowest BCUT2D eigenvalue weighted by atomic mass is 10.0. The number of hydrogen-bond donors (Lipinski definition) is 1. The number of carbonyl (C=O) groups excluding carboxylic acids is 3. The number of thioether (sulfide) groups is 2. The van der Waals surface area contributed by atoms with Gasteiger partial charge in [0.05, 0.1) is 6.42 Å². The third kappa shape index (κ3) is 5.51. The number of benzene rings is 3. The molecule has 8 heteroatoms. The maximum Gasteiger partial charge on any atom is 0.356 e. The van der Waals surface area contributed by atoms with Crippen LogP contribution < -0.4 is 5.32 Å². The molecule has 2 atom stereocenters. The quantitative estimate of drug-likeness (QED) is 0.314. The molecule has 1 N–H and O–H groups in total. The summed E-state index contributed by atoms with van der Waals surface area (Å²) in [4.78, 5) is 41.3. The minimum atomic E-state index is -0.672. The highest BCUT2D eigenvalue weighted by atomic mass is 32.2. The van der Waals surface area contributed by atoms with Crippen LogP contribution in [-0.2, 0) is 25.5 Å². The number of nitrogens with one attached hydrogen (secondary N) is 1. The van der Waals surface area contributed by atoms with Gasteiger partial charge in [-0.2, -0.15) is 11.8 Å². The first-order valence-corrected chi connectivity index (χ1v) is 14.8. The Kier molecular flexibility index (Phi) is 8.20. The molecule has 2 amide bonds. The zero-order chi connectivity index (χ0) is 26.5. The Balaban J connectivity index is 1.36. The van der Waals surface area contributed by atoms with Crippen LogP contribution in [0.25, 0.3) is 0 Å². The summed E-state index contributed by atoms with van der Waals surface area (Å²) in [5, 5.41) is 2.54. The molecule has 1 saturated heterocycles. The highest BCUT2D eigenvalue weighted by Crippen LogP contribution is 2.42. The molecule has 2 heterocycles. The van der Waals surface area contributed by atoms with E-state index in [9.17, 15) is 14.4 Å². The summed E-state index contributed by atoms with van der Waals surface area (Å²) >= 11 is 3.16. The van der Waals surface area contributed by atoms with Gasteiger partial charge in [-0.15, -0.1) is 11.8 Å². The first-order valence-electron chi connectivity index (χ1n) is 12.4. The van der Waals surface area contributed by atoms with Crippen LogP contribution >= 0.6 is 23.5 Å². The maximum atomic E-state index is 13.8. The fraction of sp³-hybridized carbons (Fsp3) is 0.233. The van der Waals surface area contributed by atoms with Gasteiger partial charge in [-0.05, 0) is 28.5 Å². The molecular formula is C30H28N2O4S2. The first kappa shape index (κ1) is 26.1. The van der Waals surface area contributed by atoms with Crippen LogP contribution in [0.5, 0.6) is 0 Å². The van der Waals surface area contributed by atoms with Crippen LogP contribution in [0.2, 0.25) is 0 Å². The Morgan fingerprint density at radius 2 is 1.55 bits per heavy atom. The van der Waals surface area contributed by atoms with Crippen molar-refractivity contribution < 1.29 is 19.1 Å². The van der Waals surface area contributed by atoms with Crippen LogP contribution in [-0.4, -0.2) is 51.9 Å². The van der Waals surface area contributed by atoms with Gasteiger partial charge in [-0.3, -0.25) is 14.5 Å². The fourth-order valence-electron chi connectivity index (χ4n) is 4.71. The minimum Gasteiger partial charge on any atom is -0.448 e. The summed E-state index contributed by atoms with van der Waals surface area (Å²) in [6.07, 6.45) is 1.55. The third-order valence-electron chi connectivity index (χ3n) is 6.51. The summed E-state index contributed by atoms with van der Waals surface area (Å²) in [5.41, 5.74) is 3.75. The van der Waals surface area contributed by atoms with Crippen molar-refractivity contribution in [1.82, 2.24) is 10.2 Å². The molecule has 5 rings (SSSR count). The lowest BCUT2D eigenvalue weighted by Gasteiger charge is -2.49. The van der Waals surface area contributed by atoms with E-state index in [0.29, 0.717) is 17.2 Å². The van der Waals surface area contributed by atoms with Gasteiger partial charge in [0.15, 0.2) is 6.10 Å². The Morgan fingerprint density at radius 1 is 0.974 bits per heavy atom. The summed E-state index contributed by atoms with van der Waals surface area (Å²) in [6.45, 7) is 0. The number of amides is 2. The van der Waals surface area contributed by atoms with Gasteiger partial charge in [0.2, 0.25) is 5.91 Å². The molecule has 3 aromatic carbocycles. The number of carbonyl (C=O) groups is 3. The second-order valence-corrected chi connectivity index (χ2v) is 11.1. The van der Waals surface area contributed by atoms with Gasteiger partial charge < -0.3 is 10.1 Å². The van der Waals surface area contributed by atoms with E-state index in [1.807, 2.05) is 97.3 Å². The van der Waals surface area contributed by atoms with Crippen LogP contribution in [0.1, 0.15) is 22.8 Å². The van der Waals surface area contributed by atoms with Crippen molar-refractivity contribution in [3.05, 3.63) is 119 Å². The number of rotatable bonds is 9. The van der Waals surface area contributed by atoms with Crippen molar-refractivity contribution in [3.63, 3.8) is 0 Å². The predicted molar refractivity (Wildman–Crippen MR) is 151 cm³/mol. The van der Waals surface area contributed by atoms with Crippen molar-refractivity contribution >= 4 is 41.3 Å². The van der Waals surface area contributed by atoms with E-state index in [1.165, 1.54) is 4.90 Å². The molecule has 3 aromatic rings. The topological polar surface area (TPSA) is 75.7 Å². The van der Waals surface area contributed by atoms with Gasteiger partial charge in [-0.1, -0.05) is 91.0 Å². The molecule has 0 spiro atoms. The standard InChI is InChI=1S/C30H28N2O4S2/c1-37-18-23-19-38-29-25(31-24(33)17-20-11-5-2-6-12-20)28(34)32(29)26(23)30(35)36-27(21-13-7-3-8-14-21)22-15-9-4-10-16-22/h2-16,25,27,29H,17-19H2,1H3,(H,31,33)/t25-,29-/m1/s1. The van der Waals surface area contributed by atoms with E-state index in [2.05, 4.69) is 5.32 Å². The number of nitrogens with zero attached hydrogens (tertiary/aromatic N) is 1. The smallest absolute Gasteiger partial charge is 0.356 e. The molecule has 0 unspecified atom stereocenters. The third-order valence-corrected chi connectivity index (χ3v) is 8.49. The average Bonchev–Trinajstić information content (AvgIpc) is 2.96. The van der Waals surface area contributed by atoms with E-state index in [0.717, 1.165) is 22.3 Å². The van der Waals surface area contributed by atoms with Crippen LogP contribution in [0.4, 0.5) is 0 Å². The fourth-order valence-corrected chi connectivity index (χ4v) is 6.77. The van der Waals surface area contributed by atoms with Gasteiger partial charge in [0, 0.05) is 11.5 Å². The monoisotopic (exact) mass is 544 g/mol. The second kappa shape index (κ2) is 11.9. The number of fused-ring (bicyclic) bond motifs is 1. The molecule has 2 aliphatic rings. The van der Waals surface area contributed by atoms with Crippen LogP contribution in [0.3, 0.4) is 0 Å². The van der Waals surface area contributed by atoms with E-state index in [1.54, 1.807) is 23.5 Å². The molecule has 2 aliphatic heterocycles. The second-order valence-electron chi connectivity index (χ2n) is 9.11. The lowest BCUT2D eigenvalue weighted by molar-refractivity contribution is -0.154. The first-order chi connectivity index (χ1) is 18.6. The number of esters is 1. The minimum absolute atomic E-state index is 0.195. The van der Waals surface area contributed by atoms with Gasteiger partial charge >= 0.3 is 5.97 Å². The Morgan fingerprint density at radius 3 is 2.13 bits per heavy atom. The van der Waals surface area contributed by atoms with Gasteiger partial charge in [-0.25, -0.2) is 4.79 Å². The largest absolute Gasteiger partial charge is 0.448 e. The summed E-state index contributed by atoms with van der Waals surface area (Å²) in [5.74, 6) is 0.169. The lowest BCUT2D eigenvalue weighted by Crippen LogP contribution is -2.70. The summed E-state index contributed by atoms with van der Waals surface area (Å²) in [6, 6.07) is 27.9. The molecule has 0 aromatic heterocycles. The molecule has 0 radical (unpaired) electrons. The van der Waals surface area contributed by atoms with Crippen molar-refractivity contribution in [2.45, 2.75) is 23.9 Å². The molecule has 6 nitrogen and oxygen atoms in total. The van der Waals surface area contributed by atoms with E-state index < -0.39 is 18.1 Å². The Bertz CT molecular complexity index is 1290. The number of ether oxygens (including phenoxy) is 1. The van der Waals surface area contributed by atoms with E-state index >= 15 is 0 Å². The van der Waals surface area contributed by atoms with Gasteiger partial charge in [0.1, 0.15) is 17.1 Å². The molecule has 38 heavy (non-hydrogen) atoms. The highest BCUT2D eigenvalue weighted by molar-refractivity contribution is 8.00. The molecular weight excluding hydrogens is 516 g/mol. The Hall–Kier alpha value is -3.49. The van der Waals surface area contributed by atoms with Crippen molar-refractivity contribution in [2.24, 2.45) is 0 Å². The molecule has 0 aliphatic carbocycles. The zero-order valence-corrected chi connectivity index (χ0v) is 22.5.